The monoisotopic (exact) mass is 706 g/mol. The van der Waals surface area contributed by atoms with E-state index in [1.807, 2.05) is 78.3 Å². The molecule has 2 aromatic heterocycles. The maximum atomic E-state index is 14.5. The lowest BCUT2D eigenvalue weighted by Crippen LogP contribution is -2.58. The van der Waals surface area contributed by atoms with Gasteiger partial charge in [-0.25, -0.2) is 9.78 Å². The Labute approximate surface area is 303 Å². The van der Waals surface area contributed by atoms with E-state index in [0.717, 1.165) is 28.8 Å². The first-order valence-corrected chi connectivity index (χ1v) is 18.4. The molecule has 2 aromatic rings. The first kappa shape index (κ1) is 39.9. The van der Waals surface area contributed by atoms with E-state index in [9.17, 15) is 19.2 Å². The lowest BCUT2D eigenvalue weighted by molar-refractivity contribution is -0.172. The van der Waals surface area contributed by atoms with Crippen molar-refractivity contribution in [2.24, 2.45) is 29.6 Å². The van der Waals surface area contributed by atoms with Crippen LogP contribution in [-0.4, -0.2) is 80.1 Å². The number of carbonyl (C=O) groups excluding carboxylic acids is 4. The van der Waals surface area contributed by atoms with E-state index in [4.69, 9.17) is 14.2 Å². The van der Waals surface area contributed by atoms with Gasteiger partial charge in [0.1, 0.15) is 23.6 Å². The molecule has 0 unspecified atom stereocenters. The van der Waals surface area contributed by atoms with Crippen LogP contribution < -0.4 is 0 Å². The second-order valence-corrected chi connectivity index (χ2v) is 15.4. The van der Waals surface area contributed by atoms with Crippen LogP contribution in [0.3, 0.4) is 0 Å². The second kappa shape index (κ2) is 16.2. The molecule has 4 rings (SSSR count). The van der Waals surface area contributed by atoms with Crippen LogP contribution in [0.4, 0.5) is 4.79 Å². The van der Waals surface area contributed by atoms with Gasteiger partial charge in [-0.3, -0.25) is 19.4 Å². The van der Waals surface area contributed by atoms with Gasteiger partial charge >= 0.3 is 12.1 Å². The van der Waals surface area contributed by atoms with E-state index in [-0.39, 0.29) is 17.5 Å². The Morgan fingerprint density at radius 3 is 2.29 bits per heavy atom. The van der Waals surface area contributed by atoms with E-state index in [0.29, 0.717) is 32.4 Å². The van der Waals surface area contributed by atoms with E-state index in [2.05, 4.69) is 9.97 Å². The summed E-state index contributed by atoms with van der Waals surface area (Å²) in [4.78, 5) is 66.4. The Kier molecular flexibility index (Phi) is 12.7. The third-order valence-electron chi connectivity index (χ3n) is 11.6. The number of cyclic esters (lactones) is 1. The van der Waals surface area contributed by atoms with Crippen LogP contribution in [0.15, 0.2) is 48.2 Å². The zero-order chi connectivity index (χ0) is 37.8. The molecule has 51 heavy (non-hydrogen) atoms. The summed E-state index contributed by atoms with van der Waals surface area (Å²) in [6.07, 6.45) is 7.90. The summed E-state index contributed by atoms with van der Waals surface area (Å²) in [7, 11) is 1.61. The molecule has 11 nitrogen and oxygen atoms in total. The molecule has 0 N–H and O–H groups in total. The second-order valence-electron chi connectivity index (χ2n) is 15.4. The molecule has 0 saturated carbocycles. The number of fused-ring (bicyclic) bond motifs is 1. The number of nitrogens with zero attached hydrogens (tertiary/aromatic N) is 4. The predicted octanol–water partition coefficient (Wildman–Crippen LogP) is 7.09. The molecule has 1 amide bonds. The maximum Gasteiger partial charge on any atom is 0.410 e. The van der Waals surface area contributed by atoms with Gasteiger partial charge in [0.05, 0.1) is 23.7 Å². The van der Waals surface area contributed by atoms with E-state index in [1.54, 1.807) is 44.6 Å². The van der Waals surface area contributed by atoms with Crippen molar-refractivity contribution in [3.8, 4) is 11.3 Å². The third kappa shape index (κ3) is 8.13. The van der Waals surface area contributed by atoms with E-state index < -0.39 is 59.1 Å². The molecule has 0 aromatic carbocycles. The quantitative estimate of drug-likeness (QED) is 0.116. The number of rotatable bonds is 9. The summed E-state index contributed by atoms with van der Waals surface area (Å²) in [6.45, 7) is 19.7. The highest BCUT2D eigenvalue weighted by Crippen LogP contribution is 2.45. The SMILES string of the molecule is CC[C@H]1OC(=O)[C@H](C)C(=O)[C@H](C)[C@@H](C(C)=C(C)C)[C@](C)(OC)C[C@@H](C)C(=O)[C@H](C)[C@H]2N(CCCCn3cnc(-c4cccnc4)c3)C(=O)O[C@]12C. The van der Waals surface area contributed by atoms with Gasteiger partial charge in [0.2, 0.25) is 0 Å². The molecule has 11 heteroatoms. The molecule has 2 aliphatic rings. The average Bonchev–Trinajstić information content (AvgIpc) is 3.68. The number of aryl methyl sites for hydroxylation is 1. The third-order valence-corrected chi connectivity index (χ3v) is 11.6. The largest absolute Gasteiger partial charge is 0.458 e. The number of carbonyl (C=O) groups is 4. The summed E-state index contributed by atoms with van der Waals surface area (Å²) >= 11 is 0. The smallest absolute Gasteiger partial charge is 0.410 e. The molecule has 9 atom stereocenters. The Balaban J connectivity index is 1.66. The highest BCUT2D eigenvalue weighted by Gasteiger charge is 2.60. The predicted molar refractivity (Wildman–Crippen MR) is 194 cm³/mol. The average molecular weight is 707 g/mol. The van der Waals surface area contributed by atoms with Crippen molar-refractivity contribution in [3.63, 3.8) is 0 Å². The topological polar surface area (TPSA) is 130 Å². The van der Waals surface area contributed by atoms with Gasteiger partial charge in [0, 0.05) is 68.0 Å². The van der Waals surface area contributed by atoms with Crippen molar-refractivity contribution in [1.29, 1.82) is 0 Å². The molecular weight excluding hydrogens is 648 g/mol. The fraction of sp³-hybridized carbons (Fsp3) is 0.650. The van der Waals surface area contributed by atoms with Gasteiger partial charge < -0.3 is 23.7 Å². The minimum absolute atomic E-state index is 0.0432. The van der Waals surface area contributed by atoms with Gasteiger partial charge in [-0.1, -0.05) is 38.8 Å². The lowest BCUT2D eigenvalue weighted by Gasteiger charge is -2.44. The zero-order valence-electron chi connectivity index (χ0n) is 32.4. The minimum atomic E-state index is -1.33. The van der Waals surface area contributed by atoms with Crippen molar-refractivity contribution >= 4 is 23.6 Å². The highest BCUT2D eigenvalue weighted by atomic mass is 16.6. The number of ether oxygens (including phenoxy) is 3. The van der Waals surface area contributed by atoms with Gasteiger partial charge in [-0.05, 0) is 79.4 Å². The summed E-state index contributed by atoms with van der Waals surface area (Å²) < 4.78 is 20.5. The molecule has 280 valence electrons. The first-order valence-electron chi connectivity index (χ1n) is 18.4. The molecule has 0 aliphatic carbocycles. The molecule has 0 bridgehead atoms. The minimum Gasteiger partial charge on any atom is -0.458 e. The van der Waals surface area contributed by atoms with Crippen LogP contribution in [-0.2, 0) is 35.1 Å². The Bertz CT molecular complexity index is 1600. The normalized spacial score (nSPS) is 32.2. The molecule has 0 spiro atoms. The van der Waals surface area contributed by atoms with Gasteiger partial charge in [0.15, 0.2) is 5.60 Å². The Hall–Kier alpha value is -3.86. The van der Waals surface area contributed by atoms with Crippen molar-refractivity contribution in [1.82, 2.24) is 19.4 Å². The number of amides is 1. The van der Waals surface area contributed by atoms with Crippen LogP contribution >= 0.6 is 0 Å². The van der Waals surface area contributed by atoms with E-state index in [1.165, 1.54) is 0 Å². The Morgan fingerprint density at radius 2 is 1.69 bits per heavy atom. The van der Waals surface area contributed by atoms with Gasteiger partial charge in [-0.2, -0.15) is 0 Å². The molecule has 4 heterocycles. The van der Waals surface area contributed by atoms with Crippen LogP contribution in [0, 0.1) is 29.6 Å². The Morgan fingerprint density at radius 1 is 1.00 bits per heavy atom. The number of Topliss-reactive ketones (excluding diaryl/α,β-unsaturated/α-hetero) is 2. The number of aromatic nitrogens is 3. The number of imidazole rings is 1. The van der Waals surface area contributed by atoms with Crippen molar-refractivity contribution < 1.29 is 33.4 Å². The maximum absolute atomic E-state index is 14.5. The summed E-state index contributed by atoms with van der Waals surface area (Å²) in [5, 5.41) is 0. The molecule has 2 aliphatic heterocycles. The molecular formula is C40H58N4O7. The first-order chi connectivity index (χ1) is 24.0. The standard InChI is InChI=1S/C40H58N4O7/c1-12-32-40(10)36(44(38(48)51-40)19-14-13-18-43-22-31(42-23-43)30-16-15-17-41-21-30)28(7)34(45)25(4)20-39(9,49-11)33(26(5)24(2)3)27(6)35(46)29(8)37(47)50-32/h15-17,21-23,25,27-29,32-33,36H,12-14,18-20H2,1-11H3/t25-,27-,28+,29-,32-,33-,36-,39-,40-/m1/s1. The fourth-order valence-electron chi connectivity index (χ4n) is 8.55. The number of allylic oxidation sites excluding steroid dienone is 1. The van der Waals surface area contributed by atoms with Crippen molar-refractivity contribution in [2.75, 3.05) is 13.7 Å². The summed E-state index contributed by atoms with van der Waals surface area (Å²) in [5.74, 6) is -4.13. The van der Waals surface area contributed by atoms with Gasteiger partial charge in [-0.15, -0.1) is 0 Å². The van der Waals surface area contributed by atoms with E-state index >= 15 is 0 Å². The highest BCUT2D eigenvalue weighted by molar-refractivity contribution is 6.00. The summed E-state index contributed by atoms with van der Waals surface area (Å²) in [6, 6.07) is 3.13. The van der Waals surface area contributed by atoms with Crippen LogP contribution in [0.5, 0.6) is 0 Å². The van der Waals surface area contributed by atoms with Crippen LogP contribution in [0.25, 0.3) is 11.3 Å². The fourth-order valence-corrected chi connectivity index (χ4v) is 8.55. The summed E-state index contributed by atoms with van der Waals surface area (Å²) in [5.41, 5.74) is 1.58. The van der Waals surface area contributed by atoms with Crippen LogP contribution in [0.2, 0.25) is 0 Å². The number of esters is 1. The van der Waals surface area contributed by atoms with Crippen LogP contribution in [0.1, 0.15) is 94.9 Å². The van der Waals surface area contributed by atoms with Crippen molar-refractivity contribution in [3.05, 3.63) is 48.2 Å². The van der Waals surface area contributed by atoms with Crippen molar-refractivity contribution in [2.45, 2.75) is 125 Å². The number of pyridine rings is 1. The van der Waals surface area contributed by atoms with Gasteiger partial charge in [0.25, 0.3) is 0 Å². The lowest BCUT2D eigenvalue weighted by atomic mass is 9.67. The molecule has 0 radical (unpaired) electrons. The molecule has 2 saturated heterocycles. The number of unbranched alkanes of at least 4 members (excludes halogenated alkanes) is 1. The number of hydrogen-bond donors (Lipinski definition) is 0. The number of hydrogen-bond acceptors (Lipinski definition) is 9. The number of methoxy groups -OCH3 is 1. The molecule has 2 fully saturated rings. The zero-order valence-corrected chi connectivity index (χ0v) is 32.4. The number of ketones is 2.